The van der Waals surface area contributed by atoms with Crippen molar-refractivity contribution in [3.8, 4) is 0 Å². The van der Waals surface area contributed by atoms with Crippen LogP contribution in [0.4, 0.5) is 13.2 Å². The second-order valence-corrected chi connectivity index (χ2v) is 6.35. The first-order valence-corrected chi connectivity index (χ1v) is 8.32. The molecule has 7 heteroatoms. The number of nitrogens with zero attached hydrogens (tertiary/aromatic N) is 1. The fraction of sp³-hybridized carbons (Fsp3) is 0.647. The van der Waals surface area contributed by atoms with E-state index >= 15 is 0 Å². The van der Waals surface area contributed by atoms with Crippen LogP contribution in [0.25, 0.3) is 0 Å². The molecular weight excluding hydrogens is 321 g/mol. The number of carboxylic acids is 1. The summed E-state index contributed by atoms with van der Waals surface area (Å²) < 4.78 is 38.6. The lowest BCUT2D eigenvalue weighted by Crippen LogP contribution is -2.37. The summed E-state index contributed by atoms with van der Waals surface area (Å²) in [5.74, 6) is -1.30. The summed E-state index contributed by atoms with van der Waals surface area (Å²) in [5.41, 5.74) is -0.397. The lowest BCUT2D eigenvalue weighted by Gasteiger charge is -2.33. The first-order valence-electron chi connectivity index (χ1n) is 8.32. The summed E-state index contributed by atoms with van der Waals surface area (Å²) in [6.45, 7) is 2.60. The molecule has 1 aliphatic rings. The summed E-state index contributed by atoms with van der Waals surface area (Å²) in [4.78, 5) is 15.6. The van der Waals surface area contributed by atoms with Gasteiger partial charge in [-0.05, 0) is 43.9 Å². The van der Waals surface area contributed by atoms with Gasteiger partial charge in [0, 0.05) is 12.2 Å². The van der Waals surface area contributed by atoms with Crippen LogP contribution in [0, 0.1) is 11.8 Å². The number of aromatic nitrogens is 1. The molecule has 1 aromatic rings. The van der Waals surface area contributed by atoms with Gasteiger partial charge in [0.1, 0.15) is 0 Å². The number of rotatable bonds is 6. The molecule has 0 bridgehead atoms. The average Bonchev–Trinajstić information content (AvgIpc) is 2.54. The molecule has 1 fully saturated rings. The number of carbonyl (C=O) groups is 1. The first-order chi connectivity index (χ1) is 11.3. The molecule has 0 saturated carbocycles. The van der Waals surface area contributed by atoms with Crippen LogP contribution in [0.5, 0.6) is 0 Å². The van der Waals surface area contributed by atoms with Gasteiger partial charge in [0.05, 0.1) is 17.2 Å². The van der Waals surface area contributed by atoms with Crippen molar-refractivity contribution >= 4 is 5.97 Å². The van der Waals surface area contributed by atoms with Gasteiger partial charge in [-0.3, -0.25) is 9.78 Å². The summed E-state index contributed by atoms with van der Waals surface area (Å²) in [6, 6.07) is 1.67. The van der Waals surface area contributed by atoms with Gasteiger partial charge in [0.2, 0.25) is 0 Å². The molecule has 3 unspecified atom stereocenters. The van der Waals surface area contributed by atoms with Crippen LogP contribution in [0.1, 0.15) is 56.3 Å². The largest absolute Gasteiger partial charge is 0.481 e. The number of aliphatic carboxylic acids is 1. The van der Waals surface area contributed by atoms with Gasteiger partial charge in [-0.1, -0.05) is 19.8 Å². The van der Waals surface area contributed by atoms with Crippen molar-refractivity contribution < 1.29 is 23.1 Å². The third-order valence-corrected chi connectivity index (χ3v) is 4.66. The minimum atomic E-state index is -4.41. The lowest BCUT2D eigenvalue weighted by molar-refractivity contribution is -0.144. The van der Waals surface area contributed by atoms with Crippen molar-refractivity contribution in [2.75, 3.05) is 6.54 Å². The van der Waals surface area contributed by atoms with Gasteiger partial charge in [-0.2, -0.15) is 13.2 Å². The van der Waals surface area contributed by atoms with E-state index in [9.17, 15) is 23.1 Å². The van der Waals surface area contributed by atoms with Crippen molar-refractivity contribution in [2.45, 2.75) is 51.2 Å². The van der Waals surface area contributed by atoms with Crippen LogP contribution in [0.15, 0.2) is 18.3 Å². The van der Waals surface area contributed by atoms with Crippen LogP contribution in [0.2, 0.25) is 0 Å². The number of piperidine rings is 1. The molecule has 0 aromatic carbocycles. The SMILES string of the molecule is CCCCC(C(=O)O)C1CCNC(c2cc(C(F)(F)F)ccn2)C1. The Kier molecular flexibility index (Phi) is 6.21. The Bertz CT molecular complexity index is 563. The van der Waals surface area contributed by atoms with Gasteiger partial charge in [-0.15, -0.1) is 0 Å². The van der Waals surface area contributed by atoms with Crippen LogP contribution in [-0.4, -0.2) is 22.6 Å². The van der Waals surface area contributed by atoms with Crippen molar-refractivity contribution in [3.05, 3.63) is 29.6 Å². The Labute approximate surface area is 139 Å². The number of halogens is 3. The van der Waals surface area contributed by atoms with Crippen LogP contribution in [0.3, 0.4) is 0 Å². The number of carboxylic acid groups (broad SMARTS) is 1. The topological polar surface area (TPSA) is 62.2 Å². The maximum atomic E-state index is 12.9. The third-order valence-electron chi connectivity index (χ3n) is 4.66. The molecule has 0 radical (unpaired) electrons. The number of nitrogens with one attached hydrogen (secondary N) is 1. The number of hydrogen-bond acceptors (Lipinski definition) is 3. The molecule has 1 aliphatic heterocycles. The Balaban J connectivity index is 2.14. The maximum Gasteiger partial charge on any atom is 0.416 e. The zero-order valence-corrected chi connectivity index (χ0v) is 13.6. The van der Waals surface area contributed by atoms with Crippen LogP contribution >= 0.6 is 0 Å². The number of alkyl halides is 3. The number of unbranched alkanes of at least 4 members (excludes halogenated alkanes) is 1. The Morgan fingerprint density at radius 2 is 2.25 bits per heavy atom. The Morgan fingerprint density at radius 1 is 1.50 bits per heavy atom. The predicted molar refractivity (Wildman–Crippen MR) is 83.4 cm³/mol. The van der Waals surface area contributed by atoms with Gasteiger partial charge in [-0.25, -0.2) is 0 Å². The van der Waals surface area contributed by atoms with E-state index in [-0.39, 0.29) is 12.0 Å². The predicted octanol–water partition coefficient (Wildman–Crippen LogP) is 4.03. The fourth-order valence-electron chi connectivity index (χ4n) is 3.34. The summed E-state index contributed by atoms with van der Waals surface area (Å²) in [5, 5.41) is 12.6. The van der Waals surface area contributed by atoms with Crippen molar-refractivity contribution in [2.24, 2.45) is 11.8 Å². The van der Waals surface area contributed by atoms with E-state index in [4.69, 9.17) is 0 Å². The minimum absolute atomic E-state index is 0.0448. The molecule has 2 N–H and O–H groups in total. The second-order valence-electron chi connectivity index (χ2n) is 6.35. The molecule has 0 amide bonds. The molecule has 1 saturated heterocycles. The Hall–Kier alpha value is -1.63. The number of hydrogen-bond donors (Lipinski definition) is 2. The van der Waals surface area contributed by atoms with Gasteiger partial charge < -0.3 is 10.4 Å². The highest BCUT2D eigenvalue weighted by Crippen LogP contribution is 2.35. The molecular formula is C17H23F3N2O2. The zero-order valence-electron chi connectivity index (χ0n) is 13.6. The van der Waals surface area contributed by atoms with Crippen molar-refractivity contribution in [1.29, 1.82) is 0 Å². The summed E-state index contributed by atoms with van der Waals surface area (Å²) >= 11 is 0. The van der Waals surface area contributed by atoms with E-state index in [0.717, 1.165) is 37.6 Å². The smallest absolute Gasteiger partial charge is 0.416 e. The molecule has 4 nitrogen and oxygen atoms in total. The first kappa shape index (κ1) is 18.7. The summed E-state index contributed by atoms with van der Waals surface area (Å²) in [7, 11) is 0. The highest BCUT2D eigenvalue weighted by atomic mass is 19.4. The van der Waals surface area contributed by atoms with E-state index in [0.29, 0.717) is 25.1 Å². The highest BCUT2D eigenvalue weighted by Gasteiger charge is 2.35. The van der Waals surface area contributed by atoms with Gasteiger partial charge in [0.25, 0.3) is 0 Å². The third kappa shape index (κ3) is 4.69. The Morgan fingerprint density at radius 3 is 2.88 bits per heavy atom. The van der Waals surface area contributed by atoms with Gasteiger partial charge >= 0.3 is 12.1 Å². The van der Waals surface area contributed by atoms with Crippen molar-refractivity contribution in [1.82, 2.24) is 10.3 Å². The normalized spacial score (nSPS) is 23.0. The second kappa shape index (κ2) is 7.96. The molecule has 2 rings (SSSR count). The molecule has 3 atom stereocenters. The molecule has 24 heavy (non-hydrogen) atoms. The van der Waals surface area contributed by atoms with E-state index in [1.165, 1.54) is 0 Å². The lowest BCUT2D eigenvalue weighted by atomic mass is 9.78. The molecule has 1 aromatic heterocycles. The molecule has 134 valence electrons. The van der Waals surface area contributed by atoms with E-state index in [2.05, 4.69) is 10.3 Å². The molecule has 0 aliphatic carbocycles. The van der Waals surface area contributed by atoms with Crippen LogP contribution in [-0.2, 0) is 11.0 Å². The quantitative estimate of drug-likeness (QED) is 0.818. The van der Waals surface area contributed by atoms with E-state index < -0.39 is 23.6 Å². The highest BCUT2D eigenvalue weighted by molar-refractivity contribution is 5.70. The van der Waals surface area contributed by atoms with Crippen LogP contribution < -0.4 is 5.32 Å². The van der Waals surface area contributed by atoms with Crippen molar-refractivity contribution in [3.63, 3.8) is 0 Å². The fourth-order valence-corrected chi connectivity index (χ4v) is 3.34. The minimum Gasteiger partial charge on any atom is -0.481 e. The van der Waals surface area contributed by atoms with E-state index in [1.807, 2.05) is 6.92 Å². The monoisotopic (exact) mass is 344 g/mol. The summed E-state index contributed by atoms with van der Waals surface area (Å²) in [6.07, 6.45) is 0.344. The maximum absolute atomic E-state index is 12.9. The molecule has 2 heterocycles. The average molecular weight is 344 g/mol. The van der Waals surface area contributed by atoms with Gasteiger partial charge in [0.15, 0.2) is 0 Å². The molecule has 0 spiro atoms. The zero-order chi connectivity index (χ0) is 17.7. The number of pyridine rings is 1. The standard InChI is InChI=1S/C17H23F3N2O2/c1-2-3-4-13(16(23)24)11-5-7-21-14(9-11)15-10-12(6-8-22-15)17(18,19)20/h6,8,10-11,13-14,21H,2-5,7,9H2,1H3,(H,23,24). The van der Waals surface area contributed by atoms with E-state index in [1.54, 1.807) is 0 Å².